The SMILES string of the molecule is COc1ccc(C(=O)CSc2nc3ccccc3c(=O)n2CCC(C)C)cc1F. The number of hydrogen-bond donors (Lipinski definition) is 0. The molecule has 1 heterocycles. The van der Waals surface area contributed by atoms with Gasteiger partial charge in [-0.15, -0.1) is 0 Å². The monoisotopic (exact) mass is 414 g/mol. The number of carbonyl (C=O) groups excluding carboxylic acids is 1. The van der Waals surface area contributed by atoms with Crippen molar-refractivity contribution in [1.29, 1.82) is 0 Å². The van der Waals surface area contributed by atoms with E-state index in [4.69, 9.17) is 4.74 Å². The molecule has 0 saturated carbocycles. The van der Waals surface area contributed by atoms with Gasteiger partial charge in [0, 0.05) is 12.1 Å². The Morgan fingerprint density at radius 1 is 1.24 bits per heavy atom. The van der Waals surface area contributed by atoms with Crippen LogP contribution in [0.1, 0.15) is 30.6 Å². The molecule has 3 rings (SSSR count). The molecule has 0 aliphatic rings. The molecule has 3 aromatic rings. The van der Waals surface area contributed by atoms with Gasteiger partial charge in [0.15, 0.2) is 22.5 Å². The van der Waals surface area contributed by atoms with Crippen LogP contribution in [-0.2, 0) is 6.54 Å². The van der Waals surface area contributed by atoms with Crippen LogP contribution in [0.4, 0.5) is 4.39 Å². The van der Waals surface area contributed by atoms with E-state index >= 15 is 0 Å². The van der Waals surface area contributed by atoms with Crippen LogP contribution >= 0.6 is 11.8 Å². The summed E-state index contributed by atoms with van der Waals surface area (Å²) in [5, 5.41) is 1.06. The topological polar surface area (TPSA) is 61.2 Å². The van der Waals surface area contributed by atoms with Gasteiger partial charge >= 0.3 is 0 Å². The first-order valence-electron chi connectivity index (χ1n) is 9.39. The zero-order valence-electron chi connectivity index (χ0n) is 16.6. The van der Waals surface area contributed by atoms with Gasteiger partial charge in [0.05, 0.1) is 23.8 Å². The number of thioether (sulfide) groups is 1. The molecule has 5 nitrogen and oxygen atoms in total. The van der Waals surface area contributed by atoms with Gasteiger partial charge in [-0.05, 0) is 42.7 Å². The zero-order chi connectivity index (χ0) is 21.0. The van der Waals surface area contributed by atoms with Gasteiger partial charge in [-0.25, -0.2) is 9.37 Å². The maximum absolute atomic E-state index is 13.9. The third kappa shape index (κ3) is 4.85. The summed E-state index contributed by atoms with van der Waals surface area (Å²) in [4.78, 5) is 30.1. The number of hydrogen-bond acceptors (Lipinski definition) is 5. The van der Waals surface area contributed by atoms with Crippen molar-refractivity contribution in [2.75, 3.05) is 12.9 Å². The van der Waals surface area contributed by atoms with E-state index in [1.54, 1.807) is 16.7 Å². The Balaban J connectivity index is 1.88. The van der Waals surface area contributed by atoms with Gasteiger partial charge in [0.2, 0.25) is 0 Å². The summed E-state index contributed by atoms with van der Waals surface area (Å²) in [6.07, 6.45) is 0.825. The number of aromatic nitrogens is 2. The lowest BCUT2D eigenvalue weighted by Crippen LogP contribution is -2.24. The van der Waals surface area contributed by atoms with E-state index in [1.807, 2.05) is 12.1 Å². The number of para-hydroxylation sites is 1. The Morgan fingerprint density at radius 2 is 2.00 bits per heavy atom. The van der Waals surface area contributed by atoms with Crippen LogP contribution in [0.2, 0.25) is 0 Å². The number of fused-ring (bicyclic) bond motifs is 1. The van der Waals surface area contributed by atoms with Crippen molar-refractivity contribution < 1.29 is 13.9 Å². The molecule has 0 saturated heterocycles. The Hall–Kier alpha value is -2.67. The molecular formula is C22H23FN2O3S. The van der Waals surface area contributed by atoms with E-state index in [0.717, 1.165) is 6.42 Å². The zero-order valence-corrected chi connectivity index (χ0v) is 17.5. The maximum Gasteiger partial charge on any atom is 0.262 e. The van der Waals surface area contributed by atoms with Gasteiger partial charge in [-0.1, -0.05) is 37.7 Å². The van der Waals surface area contributed by atoms with Crippen molar-refractivity contribution in [2.45, 2.75) is 32.0 Å². The highest BCUT2D eigenvalue weighted by molar-refractivity contribution is 7.99. The molecule has 1 aromatic heterocycles. The maximum atomic E-state index is 13.9. The first-order chi connectivity index (χ1) is 13.9. The lowest BCUT2D eigenvalue weighted by atomic mass is 10.1. The average molecular weight is 415 g/mol. The lowest BCUT2D eigenvalue weighted by molar-refractivity contribution is 0.102. The van der Waals surface area contributed by atoms with E-state index < -0.39 is 5.82 Å². The Labute approximate surface area is 172 Å². The van der Waals surface area contributed by atoms with Crippen molar-refractivity contribution in [2.24, 2.45) is 5.92 Å². The molecule has 0 fully saturated rings. The minimum absolute atomic E-state index is 0.0538. The predicted octanol–water partition coefficient (Wildman–Crippen LogP) is 4.57. The number of rotatable bonds is 8. The predicted molar refractivity (Wildman–Crippen MR) is 113 cm³/mol. The van der Waals surface area contributed by atoms with E-state index in [-0.39, 0.29) is 28.4 Å². The first kappa shape index (κ1) is 21.0. The molecule has 0 spiro atoms. The van der Waals surface area contributed by atoms with Crippen LogP contribution < -0.4 is 10.3 Å². The molecule has 0 radical (unpaired) electrons. The summed E-state index contributed by atoms with van der Waals surface area (Å²) >= 11 is 1.20. The first-order valence-corrected chi connectivity index (χ1v) is 10.4. The number of carbonyl (C=O) groups is 1. The number of benzene rings is 2. The van der Waals surface area contributed by atoms with Crippen molar-refractivity contribution in [3.05, 3.63) is 64.2 Å². The standard InChI is InChI=1S/C22H23FN2O3S/c1-14(2)10-11-25-21(27)16-6-4-5-7-18(16)24-22(25)29-13-19(26)15-8-9-20(28-3)17(23)12-15/h4-9,12,14H,10-11,13H2,1-3H3. The molecule has 0 aliphatic heterocycles. The highest BCUT2D eigenvalue weighted by atomic mass is 32.2. The summed E-state index contributed by atoms with van der Waals surface area (Å²) in [6, 6.07) is 11.3. The van der Waals surface area contributed by atoms with Crippen LogP contribution in [0.5, 0.6) is 5.75 Å². The average Bonchev–Trinajstić information content (AvgIpc) is 2.71. The quantitative estimate of drug-likeness (QED) is 0.307. The second kappa shape index (κ2) is 9.22. The van der Waals surface area contributed by atoms with Crippen molar-refractivity contribution >= 4 is 28.4 Å². The molecular weight excluding hydrogens is 391 g/mol. The molecule has 0 aliphatic carbocycles. The van der Waals surface area contributed by atoms with E-state index in [9.17, 15) is 14.0 Å². The molecule has 0 bridgehead atoms. The van der Waals surface area contributed by atoms with Gasteiger partial charge in [-0.3, -0.25) is 14.2 Å². The molecule has 152 valence electrons. The number of Topliss-reactive ketones (excluding diaryl/α,β-unsaturated/α-hetero) is 1. The summed E-state index contributed by atoms with van der Waals surface area (Å²) in [6.45, 7) is 4.71. The van der Waals surface area contributed by atoms with Gasteiger partial charge < -0.3 is 4.74 Å². The minimum Gasteiger partial charge on any atom is -0.494 e. The fourth-order valence-electron chi connectivity index (χ4n) is 2.90. The van der Waals surface area contributed by atoms with E-state index in [1.165, 1.54) is 37.1 Å². The Kier molecular flexibility index (Phi) is 6.69. The highest BCUT2D eigenvalue weighted by Gasteiger charge is 2.15. The minimum atomic E-state index is -0.582. The van der Waals surface area contributed by atoms with Crippen LogP contribution in [-0.4, -0.2) is 28.2 Å². The Morgan fingerprint density at radius 3 is 2.69 bits per heavy atom. The van der Waals surface area contributed by atoms with Gasteiger partial charge in [0.1, 0.15) is 0 Å². The van der Waals surface area contributed by atoms with E-state index in [0.29, 0.717) is 28.5 Å². The molecule has 29 heavy (non-hydrogen) atoms. The van der Waals surface area contributed by atoms with Crippen LogP contribution in [0.3, 0.4) is 0 Å². The van der Waals surface area contributed by atoms with Crippen LogP contribution in [0.25, 0.3) is 10.9 Å². The van der Waals surface area contributed by atoms with Crippen molar-refractivity contribution in [1.82, 2.24) is 9.55 Å². The largest absolute Gasteiger partial charge is 0.494 e. The molecule has 0 unspecified atom stereocenters. The second-order valence-electron chi connectivity index (χ2n) is 7.11. The number of ether oxygens (including phenoxy) is 1. The number of halogens is 1. The normalized spacial score (nSPS) is 11.2. The molecule has 0 atom stereocenters. The number of methoxy groups -OCH3 is 1. The van der Waals surface area contributed by atoms with Gasteiger partial charge in [-0.2, -0.15) is 0 Å². The van der Waals surface area contributed by atoms with Crippen LogP contribution in [0.15, 0.2) is 52.4 Å². The van der Waals surface area contributed by atoms with Crippen molar-refractivity contribution in [3.8, 4) is 5.75 Å². The molecule has 2 aromatic carbocycles. The summed E-state index contributed by atoms with van der Waals surface area (Å²) < 4.78 is 20.4. The third-order valence-electron chi connectivity index (χ3n) is 4.56. The summed E-state index contributed by atoms with van der Waals surface area (Å²) in [5.41, 5.74) is 0.748. The molecule has 0 amide bonds. The second-order valence-corrected chi connectivity index (χ2v) is 8.05. The fraction of sp³-hybridized carbons (Fsp3) is 0.318. The van der Waals surface area contributed by atoms with Gasteiger partial charge in [0.25, 0.3) is 5.56 Å². The van der Waals surface area contributed by atoms with Crippen molar-refractivity contribution in [3.63, 3.8) is 0 Å². The lowest BCUT2D eigenvalue weighted by Gasteiger charge is -2.14. The number of ketones is 1. The van der Waals surface area contributed by atoms with E-state index in [2.05, 4.69) is 18.8 Å². The summed E-state index contributed by atoms with van der Waals surface area (Å²) in [5.74, 6) is -0.253. The Bertz CT molecular complexity index is 1100. The molecule has 7 heteroatoms. The highest BCUT2D eigenvalue weighted by Crippen LogP contribution is 2.22. The third-order valence-corrected chi connectivity index (χ3v) is 5.54. The fourth-order valence-corrected chi connectivity index (χ4v) is 3.82. The van der Waals surface area contributed by atoms with Crippen LogP contribution in [0, 0.1) is 11.7 Å². The summed E-state index contributed by atoms with van der Waals surface area (Å²) in [7, 11) is 1.37. The number of nitrogens with zero attached hydrogens (tertiary/aromatic N) is 2. The smallest absolute Gasteiger partial charge is 0.262 e. The molecule has 0 N–H and O–H groups in total.